The molecule has 0 spiro atoms. The molecule has 3 nitrogen and oxygen atoms in total. The molecule has 0 radical (unpaired) electrons. The molecule has 2 aliphatic carbocycles. The monoisotopic (exact) mass is 274 g/mol. The maximum Gasteiger partial charge on any atom is 0.408 e. The molecule has 0 bridgehead atoms. The zero-order chi connectivity index (χ0) is 14.0. The van der Waals surface area contributed by atoms with Crippen LogP contribution in [-0.2, 0) is 4.79 Å². The fraction of sp³-hybridized carbons (Fsp3) is 0.846. The maximum atomic E-state index is 12.8. The van der Waals surface area contributed by atoms with E-state index in [0.29, 0.717) is 25.7 Å². The molecule has 0 aromatic rings. The second-order valence-corrected chi connectivity index (χ2v) is 5.55. The molecular weight excluding hydrogens is 257 g/mol. The zero-order valence-corrected chi connectivity index (χ0v) is 10.5. The van der Waals surface area contributed by atoms with Crippen LogP contribution >= 0.6 is 0 Å². The van der Waals surface area contributed by atoms with Gasteiger partial charge in [-0.3, -0.25) is 4.79 Å². The number of alkyl halides is 3. The van der Waals surface area contributed by atoms with Crippen LogP contribution in [-0.4, -0.2) is 18.1 Å². The summed E-state index contributed by atoms with van der Waals surface area (Å²) in [5, 5.41) is 11.0. The molecule has 6 heteroatoms. The normalized spacial score (nSPS) is 29.4. The van der Waals surface area contributed by atoms with Gasteiger partial charge in [0.05, 0.1) is 6.07 Å². The Kier molecular flexibility index (Phi) is 4.02. The van der Waals surface area contributed by atoms with Gasteiger partial charge in [-0.2, -0.15) is 18.4 Å². The number of halogens is 3. The molecule has 2 fully saturated rings. The van der Waals surface area contributed by atoms with Crippen LogP contribution in [0, 0.1) is 29.1 Å². The Hall–Kier alpha value is -1.25. The van der Waals surface area contributed by atoms with Crippen LogP contribution in [0.15, 0.2) is 0 Å². The van der Waals surface area contributed by atoms with E-state index in [-0.39, 0.29) is 5.92 Å². The van der Waals surface area contributed by atoms with Crippen molar-refractivity contribution in [2.45, 2.75) is 50.7 Å². The highest BCUT2D eigenvalue weighted by Gasteiger charge is 2.50. The standard InChI is InChI=1S/C13H17F3N2O/c14-13(15,16)11(9-4-5-9)18-12(19)10-3-1-2-8(6-10)7-17/h8-11H,1-6H2,(H,18,19). The van der Waals surface area contributed by atoms with Gasteiger partial charge in [-0.25, -0.2) is 0 Å². The molecule has 0 aromatic heterocycles. The molecule has 0 aromatic carbocycles. The average molecular weight is 274 g/mol. The highest BCUT2D eigenvalue weighted by atomic mass is 19.4. The number of rotatable bonds is 3. The third kappa shape index (κ3) is 3.62. The topological polar surface area (TPSA) is 52.9 Å². The summed E-state index contributed by atoms with van der Waals surface area (Å²) >= 11 is 0. The molecule has 2 saturated carbocycles. The van der Waals surface area contributed by atoms with E-state index in [9.17, 15) is 18.0 Å². The van der Waals surface area contributed by atoms with Gasteiger partial charge in [0, 0.05) is 11.8 Å². The van der Waals surface area contributed by atoms with Crippen molar-refractivity contribution in [1.82, 2.24) is 5.32 Å². The smallest absolute Gasteiger partial charge is 0.344 e. The SMILES string of the molecule is N#CC1CCCC(C(=O)NC(C2CC2)C(F)(F)F)C1. The Bertz CT molecular complexity index is 384. The lowest BCUT2D eigenvalue weighted by Gasteiger charge is -2.28. The third-order valence-corrected chi connectivity index (χ3v) is 3.97. The molecule has 0 saturated heterocycles. The van der Waals surface area contributed by atoms with Crippen molar-refractivity contribution < 1.29 is 18.0 Å². The lowest BCUT2D eigenvalue weighted by molar-refractivity contribution is -0.167. The minimum atomic E-state index is -4.37. The lowest BCUT2D eigenvalue weighted by atomic mass is 9.81. The Morgan fingerprint density at radius 1 is 1.26 bits per heavy atom. The molecule has 2 aliphatic rings. The largest absolute Gasteiger partial charge is 0.408 e. The van der Waals surface area contributed by atoms with Gasteiger partial charge in [0.15, 0.2) is 0 Å². The fourth-order valence-corrected chi connectivity index (χ4v) is 2.71. The fourth-order valence-electron chi connectivity index (χ4n) is 2.71. The summed E-state index contributed by atoms with van der Waals surface area (Å²) in [6.45, 7) is 0. The summed E-state index contributed by atoms with van der Waals surface area (Å²) in [7, 11) is 0. The summed E-state index contributed by atoms with van der Waals surface area (Å²) in [6.07, 6.45) is -0.884. The number of amides is 1. The van der Waals surface area contributed by atoms with Crippen LogP contribution < -0.4 is 5.32 Å². The van der Waals surface area contributed by atoms with Crippen molar-refractivity contribution in [2.24, 2.45) is 17.8 Å². The van der Waals surface area contributed by atoms with Gasteiger partial charge in [0.25, 0.3) is 0 Å². The van der Waals surface area contributed by atoms with E-state index in [1.165, 1.54) is 0 Å². The second-order valence-electron chi connectivity index (χ2n) is 5.55. The number of carbonyl (C=O) groups is 1. The number of nitrogens with one attached hydrogen (secondary N) is 1. The molecule has 106 valence electrons. The van der Waals surface area contributed by atoms with E-state index in [0.717, 1.165) is 12.8 Å². The van der Waals surface area contributed by atoms with Gasteiger partial charge >= 0.3 is 6.18 Å². The first-order valence-electron chi connectivity index (χ1n) is 6.68. The quantitative estimate of drug-likeness (QED) is 0.860. The highest BCUT2D eigenvalue weighted by molar-refractivity contribution is 5.79. The molecular formula is C13H17F3N2O. The van der Waals surface area contributed by atoms with Crippen molar-refractivity contribution in [3.05, 3.63) is 0 Å². The number of nitrogens with zero attached hydrogens (tertiary/aromatic N) is 1. The minimum Gasteiger partial charge on any atom is -0.344 e. The number of hydrogen-bond acceptors (Lipinski definition) is 2. The first-order valence-corrected chi connectivity index (χ1v) is 6.68. The molecule has 19 heavy (non-hydrogen) atoms. The van der Waals surface area contributed by atoms with E-state index in [4.69, 9.17) is 5.26 Å². The van der Waals surface area contributed by atoms with Crippen LogP contribution in [0.4, 0.5) is 13.2 Å². The van der Waals surface area contributed by atoms with E-state index in [1.54, 1.807) is 0 Å². The Morgan fingerprint density at radius 2 is 1.95 bits per heavy atom. The molecule has 1 amide bonds. The van der Waals surface area contributed by atoms with Crippen LogP contribution in [0.5, 0.6) is 0 Å². The van der Waals surface area contributed by atoms with Crippen molar-refractivity contribution in [3.63, 3.8) is 0 Å². The highest BCUT2D eigenvalue weighted by Crippen LogP contribution is 2.40. The Balaban J connectivity index is 1.94. The first-order chi connectivity index (χ1) is 8.91. The number of nitriles is 1. The summed E-state index contributed by atoms with van der Waals surface area (Å²) in [5.74, 6) is -1.63. The molecule has 3 atom stereocenters. The van der Waals surface area contributed by atoms with E-state index >= 15 is 0 Å². The van der Waals surface area contributed by atoms with Crippen molar-refractivity contribution >= 4 is 5.91 Å². The van der Waals surface area contributed by atoms with Gasteiger partial charge in [-0.1, -0.05) is 6.42 Å². The summed E-state index contributed by atoms with van der Waals surface area (Å²) in [6, 6.07) is 0.399. The average Bonchev–Trinajstić information content (AvgIpc) is 3.18. The van der Waals surface area contributed by atoms with E-state index < -0.39 is 30.0 Å². The minimum absolute atomic E-state index is 0.199. The van der Waals surface area contributed by atoms with Crippen LogP contribution in [0.2, 0.25) is 0 Å². The van der Waals surface area contributed by atoms with Gasteiger partial charge in [-0.15, -0.1) is 0 Å². The predicted octanol–water partition coefficient (Wildman–Crippen LogP) is 2.77. The molecule has 0 aliphatic heterocycles. The van der Waals surface area contributed by atoms with E-state index in [2.05, 4.69) is 11.4 Å². The molecule has 3 unspecified atom stereocenters. The molecule has 0 heterocycles. The van der Waals surface area contributed by atoms with Crippen molar-refractivity contribution in [1.29, 1.82) is 5.26 Å². The number of carbonyl (C=O) groups excluding carboxylic acids is 1. The molecule has 1 N–H and O–H groups in total. The second kappa shape index (κ2) is 5.40. The van der Waals surface area contributed by atoms with Gasteiger partial charge in [0.2, 0.25) is 5.91 Å². The van der Waals surface area contributed by atoms with E-state index in [1.807, 2.05) is 0 Å². The lowest BCUT2D eigenvalue weighted by Crippen LogP contribution is -2.49. The predicted molar refractivity (Wildman–Crippen MR) is 61.8 cm³/mol. The van der Waals surface area contributed by atoms with Crippen LogP contribution in [0.25, 0.3) is 0 Å². The summed E-state index contributed by atoms with van der Waals surface area (Å²) in [4.78, 5) is 11.9. The van der Waals surface area contributed by atoms with Crippen LogP contribution in [0.1, 0.15) is 38.5 Å². The van der Waals surface area contributed by atoms with Crippen molar-refractivity contribution in [3.8, 4) is 6.07 Å². The Labute approximate surface area is 110 Å². The third-order valence-electron chi connectivity index (χ3n) is 3.97. The summed E-state index contributed by atoms with van der Waals surface area (Å²) in [5.41, 5.74) is 0. The van der Waals surface area contributed by atoms with Crippen molar-refractivity contribution in [2.75, 3.05) is 0 Å². The van der Waals surface area contributed by atoms with Gasteiger partial charge in [0.1, 0.15) is 6.04 Å². The maximum absolute atomic E-state index is 12.8. The number of hydrogen-bond donors (Lipinski definition) is 1. The Morgan fingerprint density at radius 3 is 2.47 bits per heavy atom. The van der Waals surface area contributed by atoms with Crippen LogP contribution in [0.3, 0.4) is 0 Å². The summed E-state index contributed by atoms with van der Waals surface area (Å²) < 4.78 is 38.4. The van der Waals surface area contributed by atoms with Gasteiger partial charge in [-0.05, 0) is 38.0 Å². The molecule has 2 rings (SSSR count). The zero-order valence-electron chi connectivity index (χ0n) is 10.5. The van der Waals surface area contributed by atoms with Gasteiger partial charge < -0.3 is 5.32 Å². The first kappa shape index (κ1) is 14.2.